The third kappa shape index (κ3) is 2.84. The summed E-state index contributed by atoms with van der Waals surface area (Å²) >= 11 is 0. The first kappa shape index (κ1) is 15.3. The molecule has 2 atom stereocenters. The summed E-state index contributed by atoms with van der Waals surface area (Å²) in [5, 5.41) is 2.96. The molecule has 0 spiro atoms. The summed E-state index contributed by atoms with van der Waals surface area (Å²) in [4.78, 5) is 12.4. The van der Waals surface area contributed by atoms with Crippen LogP contribution in [0, 0.1) is 0 Å². The van der Waals surface area contributed by atoms with Gasteiger partial charge in [0.25, 0.3) is 5.91 Å². The van der Waals surface area contributed by atoms with Crippen LogP contribution in [0.25, 0.3) is 0 Å². The SMILES string of the molecule is N[C@@]12CCC[C@@](NC(=O)c3cccc(C(F)(F)F)c3)(CC1)C2. The Labute approximate surface area is 127 Å². The quantitative estimate of drug-likeness (QED) is 0.881. The van der Waals surface area contributed by atoms with Crippen molar-refractivity contribution in [3.05, 3.63) is 35.4 Å². The first-order valence-corrected chi connectivity index (χ1v) is 7.50. The Hall–Kier alpha value is -1.56. The summed E-state index contributed by atoms with van der Waals surface area (Å²) in [6, 6.07) is 4.54. The molecule has 0 unspecified atom stereocenters. The molecule has 120 valence electrons. The lowest BCUT2D eigenvalue weighted by Crippen LogP contribution is -2.52. The van der Waals surface area contributed by atoms with E-state index in [4.69, 9.17) is 5.73 Å². The standard InChI is InChI=1S/C16H19F3N2O/c17-16(18,19)12-4-1-3-11(9-12)13(22)21-15-6-2-5-14(20,10-15)7-8-15/h1,3-4,9H,2,5-8,10,20H2,(H,21,22)/t14-,15+/m0/s1. The number of carbonyl (C=O) groups excluding carboxylic acids is 1. The van der Waals surface area contributed by atoms with Gasteiger partial charge < -0.3 is 11.1 Å². The number of rotatable bonds is 2. The number of fused-ring (bicyclic) bond motifs is 2. The van der Waals surface area contributed by atoms with E-state index in [9.17, 15) is 18.0 Å². The van der Waals surface area contributed by atoms with Gasteiger partial charge in [-0.2, -0.15) is 13.2 Å². The molecule has 2 saturated carbocycles. The van der Waals surface area contributed by atoms with Crippen molar-refractivity contribution in [3.8, 4) is 0 Å². The molecular weight excluding hydrogens is 293 g/mol. The minimum absolute atomic E-state index is 0.0456. The maximum Gasteiger partial charge on any atom is 0.416 e. The van der Waals surface area contributed by atoms with E-state index >= 15 is 0 Å². The molecule has 22 heavy (non-hydrogen) atoms. The van der Waals surface area contributed by atoms with E-state index in [1.807, 2.05) is 0 Å². The van der Waals surface area contributed by atoms with Crippen molar-refractivity contribution in [2.45, 2.75) is 55.8 Å². The van der Waals surface area contributed by atoms with E-state index in [1.54, 1.807) is 0 Å². The summed E-state index contributed by atoms with van der Waals surface area (Å²) in [6.07, 6.45) is 0.665. The maximum atomic E-state index is 12.7. The Morgan fingerprint density at radius 2 is 1.95 bits per heavy atom. The summed E-state index contributed by atoms with van der Waals surface area (Å²) < 4.78 is 38.2. The average Bonchev–Trinajstić information content (AvgIpc) is 2.67. The zero-order valence-electron chi connectivity index (χ0n) is 12.2. The van der Waals surface area contributed by atoms with E-state index in [2.05, 4.69) is 5.32 Å². The van der Waals surface area contributed by atoms with E-state index in [0.717, 1.165) is 44.2 Å². The molecule has 3 nitrogen and oxygen atoms in total. The Morgan fingerprint density at radius 3 is 2.68 bits per heavy atom. The molecule has 1 aromatic carbocycles. The third-order valence-electron chi connectivity index (χ3n) is 4.95. The first-order valence-electron chi connectivity index (χ1n) is 7.50. The molecule has 2 aliphatic rings. The number of carbonyl (C=O) groups is 1. The van der Waals surface area contributed by atoms with Gasteiger partial charge in [-0.25, -0.2) is 0 Å². The van der Waals surface area contributed by atoms with Crippen molar-refractivity contribution in [3.63, 3.8) is 0 Å². The third-order valence-corrected chi connectivity index (χ3v) is 4.95. The molecule has 3 N–H and O–H groups in total. The lowest BCUT2D eigenvalue weighted by Gasteiger charge is -2.38. The van der Waals surface area contributed by atoms with E-state index < -0.39 is 17.6 Å². The van der Waals surface area contributed by atoms with Crippen molar-refractivity contribution >= 4 is 5.91 Å². The molecular formula is C16H19F3N2O. The van der Waals surface area contributed by atoms with Gasteiger partial charge in [-0.1, -0.05) is 6.07 Å². The number of halogens is 3. The van der Waals surface area contributed by atoms with Crippen LogP contribution in [0.5, 0.6) is 0 Å². The van der Waals surface area contributed by atoms with Gasteiger partial charge in [0.05, 0.1) is 5.56 Å². The molecule has 1 aromatic rings. The maximum absolute atomic E-state index is 12.7. The van der Waals surface area contributed by atoms with Gasteiger partial charge in [-0.05, 0) is 56.7 Å². The summed E-state index contributed by atoms with van der Waals surface area (Å²) in [7, 11) is 0. The van der Waals surface area contributed by atoms with Crippen LogP contribution < -0.4 is 11.1 Å². The fourth-order valence-electron chi connectivity index (χ4n) is 3.86. The van der Waals surface area contributed by atoms with Gasteiger partial charge in [-0.3, -0.25) is 4.79 Å². The number of benzene rings is 1. The number of nitrogens with two attached hydrogens (primary N) is 1. The highest BCUT2D eigenvalue weighted by atomic mass is 19.4. The largest absolute Gasteiger partial charge is 0.416 e. The number of hydrogen-bond donors (Lipinski definition) is 2. The Balaban J connectivity index is 1.78. The van der Waals surface area contributed by atoms with Gasteiger partial charge in [0, 0.05) is 16.6 Å². The molecule has 0 heterocycles. The smallest absolute Gasteiger partial charge is 0.347 e. The lowest BCUT2D eigenvalue weighted by atomic mass is 9.79. The molecule has 3 rings (SSSR count). The fourth-order valence-corrected chi connectivity index (χ4v) is 3.86. The first-order chi connectivity index (χ1) is 10.2. The zero-order chi connectivity index (χ0) is 16.0. The predicted octanol–water partition coefficient (Wildman–Crippen LogP) is 3.24. The number of alkyl halides is 3. The zero-order valence-corrected chi connectivity index (χ0v) is 12.2. The topological polar surface area (TPSA) is 55.1 Å². The van der Waals surface area contributed by atoms with E-state index in [-0.39, 0.29) is 16.6 Å². The normalized spacial score (nSPS) is 31.1. The summed E-state index contributed by atoms with van der Waals surface area (Å²) in [5.41, 5.74) is 4.95. The van der Waals surface area contributed by atoms with Gasteiger partial charge in [0.15, 0.2) is 0 Å². The van der Waals surface area contributed by atoms with Crippen LogP contribution in [0.3, 0.4) is 0 Å². The summed E-state index contributed by atoms with van der Waals surface area (Å²) in [5.74, 6) is -0.447. The van der Waals surface area contributed by atoms with Crippen LogP contribution in [0.2, 0.25) is 0 Å². The van der Waals surface area contributed by atoms with Crippen LogP contribution in [0.4, 0.5) is 13.2 Å². The second-order valence-corrected chi connectivity index (χ2v) is 6.71. The van der Waals surface area contributed by atoms with Crippen molar-refractivity contribution < 1.29 is 18.0 Å². The molecule has 2 bridgehead atoms. The molecule has 2 aliphatic carbocycles. The minimum Gasteiger partial charge on any atom is -0.347 e. The second-order valence-electron chi connectivity index (χ2n) is 6.71. The second kappa shape index (κ2) is 4.98. The molecule has 1 amide bonds. The minimum atomic E-state index is -4.45. The summed E-state index contributed by atoms with van der Waals surface area (Å²) in [6.45, 7) is 0. The molecule has 2 fully saturated rings. The highest BCUT2D eigenvalue weighted by molar-refractivity contribution is 5.95. The Morgan fingerprint density at radius 1 is 1.18 bits per heavy atom. The fraction of sp³-hybridized carbons (Fsp3) is 0.562. The van der Waals surface area contributed by atoms with Gasteiger partial charge in [0.2, 0.25) is 0 Å². The molecule has 0 saturated heterocycles. The number of hydrogen-bond acceptors (Lipinski definition) is 2. The van der Waals surface area contributed by atoms with Crippen LogP contribution in [0.1, 0.15) is 54.4 Å². The van der Waals surface area contributed by atoms with Crippen molar-refractivity contribution in [2.75, 3.05) is 0 Å². The van der Waals surface area contributed by atoms with Crippen LogP contribution in [0.15, 0.2) is 24.3 Å². The highest BCUT2D eigenvalue weighted by Crippen LogP contribution is 2.46. The van der Waals surface area contributed by atoms with Gasteiger partial charge in [0.1, 0.15) is 0 Å². The van der Waals surface area contributed by atoms with Gasteiger partial charge in [-0.15, -0.1) is 0 Å². The predicted molar refractivity (Wildman–Crippen MR) is 76.3 cm³/mol. The average molecular weight is 312 g/mol. The molecule has 6 heteroatoms. The van der Waals surface area contributed by atoms with E-state index in [0.29, 0.717) is 6.42 Å². The van der Waals surface area contributed by atoms with Gasteiger partial charge >= 0.3 is 6.18 Å². The monoisotopic (exact) mass is 312 g/mol. The van der Waals surface area contributed by atoms with Crippen molar-refractivity contribution in [2.24, 2.45) is 5.73 Å². The molecule has 0 aromatic heterocycles. The van der Waals surface area contributed by atoms with Crippen LogP contribution >= 0.6 is 0 Å². The Kier molecular flexibility index (Phi) is 3.47. The van der Waals surface area contributed by atoms with Crippen molar-refractivity contribution in [1.29, 1.82) is 0 Å². The highest BCUT2D eigenvalue weighted by Gasteiger charge is 2.49. The molecule has 0 aliphatic heterocycles. The van der Waals surface area contributed by atoms with E-state index in [1.165, 1.54) is 12.1 Å². The molecule has 0 radical (unpaired) electrons. The number of nitrogens with one attached hydrogen (secondary N) is 1. The van der Waals surface area contributed by atoms with Crippen LogP contribution in [-0.2, 0) is 6.18 Å². The van der Waals surface area contributed by atoms with Crippen LogP contribution in [-0.4, -0.2) is 17.0 Å². The van der Waals surface area contributed by atoms with Crippen molar-refractivity contribution in [1.82, 2.24) is 5.32 Å². The lowest BCUT2D eigenvalue weighted by molar-refractivity contribution is -0.137. The Bertz CT molecular complexity index is 601. The number of amides is 1.